The number of methoxy groups -OCH3 is 1. The quantitative estimate of drug-likeness (QED) is 0.195. The van der Waals surface area contributed by atoms with Gasteiger partial charge in [0.2, 0.25) is 0 Å². The normalized spacial score (nSPS) is 14.3. The summed E-state index contributed by atoms with van der Waals surface area (Å²) in [5.74, 6) is 1.10. The lowest BCUT2D eigenvalue weighted by Crippen LogP contribution is -2.25. The van der Waals surface area contributed by atoms with Gasteiger partial charge in [0.25, 0.3) is 5.56 Å². The predicted octanol–water partition coefficient (Wildman–Crippen LogP) is 6.56. The zero-order valence-corrected chi connectivity index (χ0v) is 25.2. The van der Waals surface area contributed by atoms with Gasteiger partial charge in [-0.3, -0.25) is 4.79 Å². The van der Waals surface area contributed by atoms with Crippen LogP contribution >= 0.6 is 47.8 Å². The van der Waals surface area contributed by atoms with Gasteiger partial charge in [-0.1, -0.05) is 35.2 Å². The van der Waals surface area contributed by atoms with Crippen LogP contribution in [0.2, 0.25) is 0 Å². The number of nitrogens with zero attached hydrogens (tertiary/aromatic N) is 3. The molecule has 2 aromatic carbocycles. The summed E-state index contributed by atoms with van der Waals surface area (Å²) >= 11 is 10.6. The van der Waals surface area contributed by atoms with Crippen molar-refractivity contribution >= 4 is 70.9 Å². The van der Waals surface area contributed by atoms with E-state index in [0.717, 1.165) is 30.2 Å². The monoisotopic (exact) mass is 697 g/mol. The van der Waals surface area contributed by atoms with E-state index < -0.39 is 5.97 Å². The zero-order chi connectivity index (χ0) is 26.5. The number of carbonyl (C=O) groups excluding carboxylic acids is 1. The van der Waals surface area contributed by atoms with Crippen molar-refractivity contribution in [2.45, 2.75) is 44.9 Å². The van der Waals surface area contributed by atoms with Crippen LogP contribution in [0.15, 0.2) is 47.6 Å². The molecular weight excluding hydrogens is 674 g/mol. The van der Waals surface area contributed by atoms with Crippen molar-refractivity contribution in [3.63, 3.8) is 0 Å². The summed E-state index contributed by atoms with van der Waals surface area (Å²) in [7, 11) is 1.30. The molecule has 4 rings (SSSR count). The zero-order valence-electron chi connectivity index (χ0n) is 20.4. The summed E-state index contributed by atoms with van der Waals surface area (Å²) in [5, 5.41) is 5.12. The average Bonchev–Trinajstić information content (AvgIpc) is 2.91. The molecule has 0 atom stereocenters. The maximum atomic E-state index is 13.6. The Balaban J connectivity index is 1.80. The van der Waals surface area contributed by atoms with Gasteiger partial charge in [-0.2, -0.15) is 9.78 Å². The van der Waals surface area contributed by atoms with Crippen molar-refractivity contribution in [3.05, 3.63) is 59.4 Å². The smallest absolute Gasteiger partial charge is 0.343 e. The third-order valence-corrected chi connectivity index (χ3v) is 8.77. The Kier molecular flexibility index (Phi) is 9.41. The third-order valence-electron chi connectivity index (χ3n) is 6.13. The molecular formula is C26H26Br3N3O5. The molecule has 0 N–H and O–H groups in total. The van der Waals surface area contributed by atoms with Crippen LogP contribution in [0, 0.1) is 0 Å². The molecule has 1 aliphatic rings. The van der Waals surface area contributed by atoms with Gasteiger partial charge >= 0.3 is 5.97 Å². The van der Waals surface area contributed by atoms with Crippen LogP contribution < -0.4 is 15.0 Å². The van der Waals surface area contributed by atoms with Gasteiger partial charge in [-0.15, -0.1) is 0 Å². The second kappa shape index (κ2) is 12.5. The van der Waals surface area contributed by atoms with Crippen molar-refractivity contribution < 1.29 is 19.0 Å². The van der Waals surface area contributed by atoms with Gasteiger partial charge in [-0.25, -0.2) is 9.78 Å². The number of halogens is 3. The first-order valence-corrected chi connectivity index (χ1v) is 14.3. The standard InChI is InChI=1S/C26H26Br3N3O5/c1-3-36-20-11-16(22(28)23(29)24(20)37-14-21(33)35-2)13-30-32-25(15-7-5-4-6-8-15)31-19-10-9-17(27)12-18(19)26(32)34/h9-13,15H,3-8,14H2,1-2H3. The summed E-state index contributed by atoms with van der Waals surface area (Å²) in [6, 6.07) is 7.26. The van der Waals surface area contributed by atoms with E-state index in [4.69, 9.17) is 14.5 Å². The highest BCUT2D eigenvalue weighted by Crippen LogP contribution is 2.42. The molecule has 196 valence electrons. The van der Waals surface area contributed by atoms with Gasteiger partial charge in [0, 0.05) is 20.4 Å². The first-order chi connectivity index (χ1) is 17.8. The lowest BCUT2D eigenvalue weighted by molar-refractivity contribution is -0.142. The van der Waals surface area contributed by atoms with E-state index in [1.807, 2.05) is 19.1 Å². The van der Waals surface area contributed by atoms with Crippen molar-refractivity contribution in [1.29, 1.82) is 0 Å². The fourth-order valence-corrected chi connectivity index (χ4v) is 5.61. The van der Waals surface area contributed by atoms with E-state index in [-0.39, 0.29) is 18.1 Å². The second-order valence-electron chi connectivity index (χ2n) is 8.55. The molecule has 1 saturated carbocycles. The number of esters is 1. The number of fused-ring (bicyclic) bond motifs is 1. The highest BCUT2D eigenvalue weighted by atomic mass is 79.9. The fourth-order valence-electron chi connectivity index (χ4n) is 4.31. The summed E-state index contributed by atoms with van der Waals surface area (Å²) < 4.78 is 19.5. The minimum absolute atomic E-state index is 0.162. The molecule has 8 nitrogen and oxygen atoms in total. The van der Waals surface area contributed by atoms with Crippen molar-refractivity contribution in [2.75, 3.05) is 20.3 Å². The molecule has 0 saturated heterocycles. The molecule has 3 aromatic rings. The van der Waals surface area contributed by atoms with E-state index in [9.17, 15) is 9.59 Å². The van der Waals surface area contributed by atoms with Crippen molar-refractivity contribution in [1.82, 2.24) is 9.66 Å². The molecule has 1 fully saturated rings. The number of ether oxygens (including phenoxy) is 3. The summed E-state index contributed by atoms with van der Waals surface area (Å²) in [5.41, 5.74) is 1.09. The molecule has 0 amide bonds. The second-order valence-corrected chi connectivity index (χ2v) is 11.0. The van der Waals surface area contributed by atoms with Gasteiger partial charge in [0.15, 0.2) is 18.1 Å². The molecule has 0 bridgehead atoms. The minimum atomic E-state index is -0.513. The SMILES string of the molecule is CCOc1cc(C=Nn2c(C3CCCCC3)nc3ccc(Br)cc3c2=O)c(Br)c(Br)c1OCC(=O)OC. The fraction of sp³-hybridized carbons (Fsp3) is 0.385. The van der Waals surface area contributed by atoms with Gasteiger partial charge < -0.3 is 14.2 Å². The van der Waals surface area contributed by atoms with Crippen molar-refractivity contribution in [3.8, 4) is 11.5 Å². The summed E-state index contributed by atoms with van der Waals surface area (Å²) in [6.07, 6.45) is 6.94. The van der Waals surface area contributed by atoms with Gasteiger partial charge in [-0.05, 0) is 75.9 Å². The maximum absolute atomic E-state index is 13.6. The Morgan fingerprint density at radius 1 is 1.14 bits per heavy atom. The van der Waals surface area contributed by atoms with Crippen molar-refractivity contribution in [2.24, 2.45) is 5.10 Å². The largest absolute Gasteiger partial charge is 0.490 e. The van der Waals surface area contributed by atoms with Crippen LogP contribution in [0.5, 0.6) is 11.5 Å². The topological polar surface area (TPSA) is 92.0 Å². The van der Waals surface area contributed by atoms with Crippen LogP contribution in [0.3, 0.4) is 0 Å². The summed E-state index contributed by atoms with van der Waals surface area (Å²) in [6.45, 7) is 1.96. The molecule has 1 aliphatic carbocycles. The molecule has 1 heterocycles. The predicted molar refractivity (Wildman–Crippen MR) is 153 cm³/mol. The Labute approximate surface area is 239 Å². The molecule has 0 spiro atoms. The lowest BCUT2D eigenvalue weighted by atomic mass is 9.88. The number of aromatic nitrogens is 2. The van der Waals surface area contributed by atoms with Gasteiger partial charge in [0.1, 0.15) is 5.82 Å². The Bertz CT molecular complexity index is 1400. The van der Waals surface area contributed by atoms with Crippen LogP contribution in [0.1, 0.15) is 56.3 Å². The Morgan fingerprint density at radius 3 is 2.59 bits per heavy atom. The lowest BCUT2D eigenvalue weighted by Gasteiger charge is -2.23. The van der Waals surface area contributed by atoms with Crippen LogP contribution in [0.4, 0.5) is 0 Å². The van der Waals surface area contributed by atoms with E-state index in [2.05, 4.69) is 57.6 Å². The van der Waals surface area contributed by atoms with E-state index >= 15 is 0 Å². The molecule has 1 aromatic heterocycles. The molecule has 0 radical (unpaired) electrons. The minimum Gasteiger partial charge on any atom is -0.490 e. The third kappa shape index (κ3) is 6.26. The average molecular weight is 700 g/mol. The molecule has 11 heteroatoms. The van der Waals surface area contributed by atoms with Crippen LogP contribution in [-0.2, 0) is 9.53 Å². The molecule has 0 unspecified atom stereocenters. The van der Waals surface area contributed by atoms with Crippen LogP contribution in [-0.4, -0.2) is 42.2 Å². The van der Waals surface area contributed by atoms with Crippen LogP contribution in [0.25, 0.3) is 10.9 Å². The number of hydrogen-bond donors (Lipinski definition) is 0. The highest BCUT2D eigenvalue weighted by Gasteiger charge is 2.23. The number of hydrogen-bond acceptors (Lipinski definition) is 7. The number of rotatable bonds is 8. The van der Waals surface area contributed by atoms with Gasteiger partial charge in [0.05, 0.1) is 35.3 Å². The molecule has 0 aliphatic heterocycles. The Morgan fingerprint density at radius 2 is 1.89 bits per heavy atom. The van der Waals surface area contributed by atoms with E-state index in [1.54, 1.807) is 18.3 Å². The summed E-state index contributed by atoms with van der Waals surface area (Å²) in [4.78, 5) is 30.1. The first kappa shape index (κ1) is 27.8. The number of benzene rings is 2. The maximum Gasteiger partial charge on any atom is 0.343 e. The highest BCUT2D eigenvalue weighted by molar-refractivity contribution is 9.13. The first-order valence-electron chi connectivity index (χ1n) is 11.9. The number of carbonyl (C=O) groups is 1. The van der Waals surface area contributed by atoms with E-state index in [0.29, 0.717) is 49.3 Å². The van der Waals surface area contributed by atoms with E-state index in [1.165, 1.54) is 18.2 Å². The Hall–Kier alpha value is -2.24. The molecule has 37 heavy (non-hydrogen) atoms.